The van der Waals surface area contributed by atoms with Crippen LogP contribution in [0.3, 0.4) is 0 Å². The van der Waals surface area contributed by atoms with Gasteiger partial charge in [0.2, 0.25) is 0 Å². The van der Waals surface area contributed by atoms with E-state index in [4.69, 9.17) is 9.72 Å². The Bertz CT molecular complexity index is 1370. The molecule has 1 aliphatic carbocycles. The Morgan fingerprint density at radius 2 is 1.77 bits per heavy atom. The zero-order valence-corrected chi connectivity index (χ0v) is 23.0. The highest BCUT2D eigenvalue weighted by Gasteiger charge is 2.25. The zero-order chi connectivity index (χ0) is 26.4. The molecule has 2 aromatic carbocycles. The predicted octanol–water partition coefficient (Wildman–Crippen LogP) is 8.44. The van der Waals surface area contributed by atoms with Crippen molar-refractivity contribution in [1.82, 2.24) is 9.88 Å². The average Bonchev–Trinajstić information content (AvgIpc) is 3.33. The fourth-order valence-corrected chi connectivity index (χ4v) is 6.02. The third-order valence-corrected chi connectivity index (χ3v) is 8.28. The van der Waals surface area contributed by atoms with Crippen LogP contribution in [-0.4, -0.2) is 36.6 Å². The summed E-state index contributed by atoms with van der Waals surface area (Å²) in [6.07, 6.45) is 17.1. The molecule has 0 bridgehead atoms. The summed E-state index contributed by atoms with van der Waals surface area (Å²) in [6, 6.07) is 21.8. The van der Waals surface area contributed by atoms with Crippen molar-refractivity contribution in [3.8, 4) is 0 Å². The first-order valence-electron chi connectivity index (χ1n) is 14.6. The number of hydrogen-bond acceptors (Lipinski definition) is 4. The van der Waals surface area contributed by atoms with Crippen LogP contribution < -0.4 is 5.32 Å². The number of pyridine rings is 1. The van der Waals surface area contributed by atoms with Crippen molar-refractivity contribution < 1.29 is 4.74 Å². The predicted molar refractivity (Wildman–Crippen MR) is 163 cm³/mol. The van der Waals surface area contributed by atoms with Gasteiger partial charge in [0, 0.05) is 36.5 Å². The van der Waals surface area contributed by atoms with Gasteiger partial charge in [0.15, 0.2) is 0 Å². The maximum Gasteiger partial charge on any atom is 0.130 e. The fraction of sp³-hybridized carbons (Fsp3) is 0.343. The molecule has 4 nitrogen and oxygen atoms in total. The van der Waals surface area contributed by atoms with Crippen molar-refractivity contribution in [2.75, 3.05) is 32.1 Å². The molecular formula is C35H39N3O. The molecule has 0 amide bonds. The number of nitrogens with one attached hydrogen (secondary N) is 1. The number of hydrogen-bond donors (Lipinski definition) is 1. The number of nitrogens with zero attached hydrogens (tertiary/aromatic N) is 2. The van der Waals surface area contributed by atoms with Gasteiger partial charge < -0.3 is 15.0 Å². The maximum absolute atomic E-state index is 6.20. The fourth-order valence-electron chi connectivity index (χ4n) is 6.02. The normalized spacial score (nSPS) is 21.2. The minimum absolute atomic E-state index is 0.301. The molecular weight excluding hydrogens is 478 g/mol. The van der Waals surface area contributed by atoms with Crippen molar-refractivity contribution >= 4 is 28.7 Å². The smallest absolute Gasteiger partial charge is 0.130 e. The number of benzene rings is 2. The molecule has 3 aliphatic rings. The molecule has 4 heteroatoms. The summed E-state index contributed by atoms with van der Waals surface area (Å²) in [5.41, 5.74) is 8.97. The Morgan fingerprint density at radius 1 is 0.923 bits per heavy atom. The van der Waals surface area contributed by atoms with Gasteiger partial charge >= 0.3 is 0 Å². The summed E-state index contributed by atoms with van der Waals surface area (Å²) >= 11 is 0. The van der Waals surface area contributed by atoms with E-state index in [2.05, 4.69) is 102 Å². The van der Waals surface area contributed by atoms with Crippen molar-refractivity contribution in [2.24, 2.45) is 0 Å². The second-order valence-corrected chi connectivity index (χ2v) is 11.1. The van der Waals surface area contributed by atoms with E-state index in [9.17, 15) is 0 Å². The topological polar surface area (TPSA) is 37.4 Å². The summed E-state index contributed by atoms with van der Waals surface area (Å²) in [5.74, 6) is 2.22. The lowest BCUT2D eigenvalue weighted by Gasteiger charge is -2.18. The number of ether oxygens (including phenoxy) is 1. The largest absolute Gasteiger partial charge is 0.497 e. The molecule has 6 rings (SSSR count). The molecule has 3 heterocycles. The molecule has 1 unspecified atom stereocenters. The quantitative estimate of drug-likeness (QED) is 0.356. The van der Waals surface area contributed by atoms with Gasteiger partial charge in [0.05, 0.1) is 6.61 Å². The lowest BCUT2D eigenvalue weighted by molar-refractivity contribution is 0.265. The van der Waals surface area contributed by atoms with Crippen LogP contribution in [0.5, 0.6) is 0 Å². The van der Waals surface area contributed by atoms with Gasteiger partial charge in [0.1, 0.15) is 11.6 Å². The van der Waals surface area contributed by atoms with Gasteiger partial charge in [-0.05, 0) is 104 Å². The molecule has 0 radical (unpaired) electrons. The van der Waals surface area contributed by atoms with Gasteiger partial charge in [-0.25, -0.2) is 4.98 Å². The molecule has 0 spiro atoms. The Hall–Kier alpha value is -3.63. The maximum atomic E-state index is 6.20. The van der Waals surface area contributed by atoms with Crippen molar-refractivity contribution in [1.29, 1.82) is 0 Å². The van der Waals surface area contributed by atoms with Crippen LogP contribution in [-0.2, 0) is 4.74 Å². The Labute approximate surface area is 233 Å². The Kier molecular flexibility index (Phi) is 7.92. The second kappa shape index (κ2) is 12.0. The molecule has 1 fully saturated rings. The Balaban J connectivity index is 1.27. The number of allylic oxidation sites excluding steroid dienone is 3. The number of anilines is 2. The molecule has 3 aromatic rings. The highest BCUT2D eigenvalue weighted by atomic mass is 16.5. The van der Waals surface area contributed by atoms with Crippen LogP contribution in [0.15, 0.2) is 84.8 Å². The number of rotatable bonds is 6. The average molecular weight is 518 g/mol. The van der Waals surface area contributed by atoms with Gasteiger partial charge in [-0.15, -0.1) is 0 Å². The van der Waals surface area contributed by atoms with E-state index in [0.717, 1.165) is 69.1 Å². The first kappa shape index (κ1) is 25.6. The molecule has 1 aromatic heterocycles. The van der Waals surface area contributed by atoms with Gasteiger partial charge in [0.25, 0.3) is 0 Å². The third kappa shape index (κ3) is 6.17. The first-order valence-corrected chi connectivity index (χ1v) is 14.6. The highest BCUT2D eigenvalue weighted by Crippen LogP contribution is 2.38. The van der Waals surface area contributed by atoms with E-state index in [1.54, 1.807) is 0 Å². The van der Waals surface area contributed by atoms with Crippen LogP contribution in [0, 0.1) is 0 Å². The summed E-state index contributed by atoms with van der Waals surface area (Å²) in [6.45, 7) is 3.02. The van der Waals surface area contributed by atoms with E-state index in [1.807, 2.05) is 0 Å². The summed E-state index contributed by atoms with van der Waals surface area (Å²) in [5, 5.41) is 3.56. The van der Waals surface area contributed by atoms with Crippen molar-refractivity contribution in [3.05, 3.63) is 107 Å². The standard InChI is InChI=1S/C35H39N3O/c1-38-20-8-13-26(18-21-38)27-14-16-31(17-15-27)37-35-24-30(33(25-36-35)29-11-6-3-7-12-29)23-34-32(19-22-39-34)28-9-4-2-5-10-28/h2,4-5,9-11,13-17,23-25,32H,3,6-8,12,18-22H2,1H3,(H,36,37)/b34-23-. The molecule has 1 N–H and O–H groups in total. The number of aromatic nitrogens is 1. The van der Waals surface area contributed by atoms with Crippen LogP contribution in [0.25, 0.3) is 17.2 Å². The first-order chi connectivity index (χ1) is 19.2. The SMILES string of the molecule is CN1CCC=C(c2ccc(Nc3cc(/C=C4\OCCC4c4ccccc4)c(C4=CCCCC4)cn3)cc2)CC1. The van der Waals surface area contributed by atoms with E-state index in [-0.39, 0.29) is 0 Å². The van der Waals surface area contributed by atoms with Gasteiger partial charge in [-0.2, -0.15) is 0 Å². The van der Waals surface area contributed by atoms with Crippen LogP contribution in [0.1, 0.15) is 73.1 Å². The monoisotopic (exact) mass is 517 g/mol. The van der Waals surface area contributed by atoms with Crippen LogP contribution in [0.4, 0.5) is 11.5 Å². The molecule has 0 saturated carbocycles. The second-order valence-electron chi connectivity index (χ2n) is 11.1. The molecule has 1 saturated heterocycles. The van der Waals surface area contributed by atoms with Crippen molar-refractivity contribution in [2.45, 2.75) is 50.9 Å². The zero-order valence-electron chi connectivity index (χ0n) is 23.0. The lowest BCUT2D eigenvalue weighted by atomic mass is 9.90. The minimum Gasteiger partial charge on any atom is -0.497 e. The lowest BCUT2D eigenvalue weighted by Crippen LogP contribution is -2.18. The van der Waals surface area contributed by atoms with E-state index < -0.39 is 0 Å². The van der Waals surface area contributed by atoms with Crippen molar-refractivity contribution in [3.63, 3.8) is 0 Å². The summed E-state index contributed by atoms with van der Waals surface area (Å²) < 4.78 is 6.20. The third-order valence-electron chi connectivity index (χ3n) is 8.28. The highest BCUT2D eigenvalue weighted by molar-refractivity contribution is 5.77. The summed E-state index contributed by atoms with van der Waals surface area (Å²) in [7, 11) is 2.21. The molecule has 2 aliphatic heterocycles. The van der Waals surface area contributed by atoms with Crippen LogP contribution in [0.2, 0.25) is 0 Å². The van der Waals surface area contributed by atoms with Gasteiger partial charge in [-0.3, -0.25) is 0 Å². The summed E-state index contributed by atoms with van der Waals surface area (Å²) in [4.78, 5) is 7.26. The van der Waals surface area contributed by atoms with Crippen LogP contribution >= 0.6 is 0 Å². The molecule has 1 atom stereocenters. The Morgan fingerprint density at radius 3 is 2.59 bits per heavy atom. The van der Waals surface area contributed by atoms with E-state index >= 15 is 0 Å². The molecule has 200 valence electrons. The molecule has 39 heavy (non-hydrogen) atoms. The minimum atomic E-state index is 0.301. The van der Waals surface area contributed by atoms with E-state index in [0.29, 0.717) is 5.92 Å². The van der Waals surface area contributed by atoms with Gasteiger partial charge in [-0.1, -0.05) is 54.6 Å². The van der Waals surface area contributed by atoms with E-state index in [1.165, 1.54) is 46.2 Å².